The molecule has 0 saturated heterocycles. The highest BCUT2D eigenvalue weighted by Crippen LogP contribution is 2.17. The molecule has 0 heterocycles. The zero-order chi connectivity index (χ0) is 8.27. The first-order valence-electron chi connectivity index (χ1n) is 3.33. The van der Waals surface area contributed by atoms with Crippen LogP contribution in [0.4, 0.5) is 4.39 Å². The molecule has 0 saturated carbocycles. The van der Waals surface area contributed by atoms with Crippen LogP contribution in [0.25, 0.3) is 0 Å². The van der Waals surface area contributed by atoms with Gasteiger partial charge in [0.05, 0.1) is 4.47 Å². The Balaban J connectivity index is 2.96. The standard InChI is InChI=1S/C8H9BrFN/c1-11-5-6-3-2-4-7(9)8(6)10/h2-4,11H,5H2,1H3. The van der Waals surface area contributed by atoms with Crippen molar-refractivity contribution in [3.63, 3.8) is 0 Å². The summed E-state index contributed by atoms with van der Waals surface area (Å²) >= 11 is 3.11. The Morgan fingerprint density at radius 2 is 2.27 bits per heavy atom. The first-order chi connectivity index (χ1) is 5.25. The highest BCUT2D eigenvalue weighted by Gasteiger charge is 2.03. The molecule has 0 amide bonds. The van der Waals surface area contributed by atoms with E-state index in [1.807, 2.05) is 6.07 Å². The minimum Gasteiger partial charge on any atom is -0.316 e. The summed E-state index contributed by atoms with van der Waals surface area (Å²) in [7, 11) is 1.79. The van der Waals surface area contributed by atoms with E-state index < -0.39 is 0 Å². The maximum Gasteiger partial charge on any atom is 0.141 e. The topological polar surface area (TPSA) is 12.0 Å². The molecule has 0 unspecified atom stereocenters. The predicted octanol–water partition coefficient (Wildman–Crippen LogP) is 2.31. The second-order valence-electron chi connectivity index (χ2n) is 2.24. The van der Waals surface area contributed by atoms with Gasteiger partial charge in [0.15, 0.2) is 0 Å². The number of halogens is 2. The van der Waals surface area contributed by atoms with Crippen LogP contribution in [0.15, 0.2) is 22.7 Å². The van der Waals surface area contributed by atoms with E-state index in [-0.39, 0.29) is 5.82 Å². The largest absolute Gasteiger partial charge is 0.316 e. The Morgan fingerprint density at radius 1 is 1.55 bits per heavy atom. The van der Waals surface area contributed by atoms with E-state index >= 15 is 0 Å². The third kappa shape index (κ3) is 2.01. The molecule has 1 N–H and O–H groups in total. The van der Waals surface area contributed by atoms with E-state index in [1.54, 1.807) is 19.2 Å². The number of benzene rings is 1. The van der Waals surface area contributed by atoms with Gasteiger partial charge in [-0.15, -0.1) is 0 Å². The van der Waals surface area contributed by atoms with E-state index in [1.165, 1.54) is 0 Å². The lowest BCUT2D eigenvalue weighted by Crippen LogP contribution is -2.06. The molecule has 0 fully saturated rings. The van der Waals surface area contributed by atoms with Crippen LogP contribution in [0.2, 0.25) is 0 Å². The maximum absolute atomic E-state index is 13.1. The molecule has 0 atom stereocenters. The predicted molar refractivity (Wildman–Crippen MR) is 46.9 cm³/mol. The van der Waals surface area contributed by atoms with Crippen molar-refractivity contribution in [3.05, 3.63) is 34.1 Å². The van der Waals surface area contributed by atoms with Crippen molar-refractivity contribution < 1.29 is 4.39 Å². The maximum atomic E-state index is 13.1. The smallest absolute Gasteiger partial charge is 0.141 e. The lowest BCUT2D eigenvalue weighted by Gasteiger charge is -2.02. The summed E-state index contributed by atoms with van der Waals surface area (Å²) in [5.74, 6) is -0.179. The second-order valence-corrected chi connectivity index (χ2v) is 3.10. The van der Waals surface area contributed by atoms with Crippen molar-refractivity contribution in [3.8, 4) is 0 Å². The van der Waals surface area contributed by atoms with Crippen LogP contribution in [-0.2, 0) is 6.54 Å². The highest BCUT2D eigenvalue weighted by molar-refractivity contribution is 9.10. The molecule has 1 aromatic rings. The molecular formula is C8H9BrFN. The average molecular weight is 218 g/mol. The van der Waals surface area contributed by atoms with Gasteiger partial charge in [-0.25, -0.2) is 4.39 Å². The lowest BCUT2D eigenvalue weighted by atomic mass is 10.2. The summed E-state index contributed by atoms with van der Waals surface area (Å²) in [5, 5.41) is 2.89. The third-order valence-electron chi connectivity index (χ3n) is 1.40. The van der Waals surface area contributed by atoms with Crippen molar-refractivity contribution in [1.29, 1.82) is 0 Å². The molecule has 1 rings (SSSR count). The molecule has 60 valence electrons. The van der Waals surface area contributed by atoms with Crippen molar-refractivity contribution in [2.75, 3.05) is 7.05 Å². The summed E-state index contributed by atoms with van der Waals surface area (Å²) in [6.07, 6.45) is 0. The summed E-state index contributed by atoms with van der Waals surface area (Å²) in [5.41, 5.74) is 0.682. The molecule has 1 aromatic carbocycles. The number of hydrogen-bond acceptors (Lipinski definition) is 1. The lowest BCUT2D eigenvalue weighted by molar-refractivity contribution is 0.594. The van der Waals surface area contributed by atoms with Crippen LogP contribution in [0.3, 0.4) is 0 Å². The number of nitrogens with one attached hydrogen (secondary N) is 1. The fourth-order valence-electron chi connectivity index (χ4n) is 0.875. The third-order valence-corrected chi connectivity index (χ3v) is 2.01. The summed E-state index contributed by atoms with van der Waals surface area (Å²) in [6, 6.07) is 5.27. The molecule has 3 heteroatoms. The summed E-state index contributed by atoms with van der Waals surface area (Å²) in [6.45, 7) is 0.561. The minimum absolute atomic E-state index is 0.179. The molecule has 0 aliphatic rings. The Labute approximate surface area is 73.7 Å². The normalized spacial score (nSPS) is 10.1. The van der Waals surface area contributed by atoms with Crippen LogP contribution in [0.5, 0.6) is 0 Å². The van der Waals surface area contributed by atoms with Crippen LogP contribution in [-0.4, -0.2) is 7.05 Å². The van der Waals surface area contributed by atoms with Crippen molar-refractivity contribution in [2.24, 2.45) is 0 Å². The zero-order valence-electron chi connectivity index (χ0n) is 6.20. The summed E-state index contributed by atoms with van der Waals surface area (Å²) < 4.78 is 13.6. The van der Waals surface area contributed by atoms with Gasteiger partial charge in [0.1, 0.15) is 5.82 Å². The van der Waals surface area contributed by atoms with Gasteiger partial charge in [0.25, 0.3) is 0 Å². The molecule has 0 aromatic heterocycles. The Bertz CT molecular complexity index is 250. The van der Waals surface area contributed by atoms with E-state index in [0.717, 1.165) is 0 Å². The van der Waals surface area contributed by atoms with Crippen LogP contribution >= 0.6 is 15.9 Å². The Kier molecular flexibility index (Phi) is 3.02. The fraction of sp³-hybridized carbons (Fsp3) is 0.250. The molecule has 11 heavy (non-hydrogen) atoms. The van der Waals surface area contributed by atoms with Gasteiger partial charge < -0.3 is 5.32 Å². The number of rotatable bonds is 2. The Hall–Kier alpha value is -0.410. The Morgan fingerprint density at radius 3 is 2.91 bits per heavy atom. The van der Waals surface area contributed by atoms with Gasteiger partial charge in [-0.3, -0.25) is 0 Å². The van der Waals surface area contributed by atoms with Gasteiger partial charge in [-0.2, -0.15) is 0 Å². The van der Waals surface area contributed by atoms with E-state index in [9.17, 15) is 4.39 Å². The van der Waals surface area contributed by atoms with Gasteiger partial charge in [-0.1, -0.05) is 12.1 Å². The molecule has 0 radical (unpaired) electrons. The summed E-state index contributed by atoms with van der Waals surface area (Å²) in [4.78, 5) is 0. The number of hydrogen-bond donors (Lipinski definition) is 1. The minimum atomic E-state index is -0.179. The van der Waals surface area contributed by atoms with Gasteiger partial charge in [0, 0.05) is 12.1 Å². The molecule has 0 aliphatic heterocycles. The van der Waals surface area contributed by atoms with Crippen LogP contribution in [0.1, 0.15) is 5.56 Å². The quantitative estimate of drug-likeness (QED) is 0.803. The molecule has 1 nitrogen and oxygen atoms in total. The molecule has 0 bridgehead atoms. The first kappa shape index (κ1) is 8.68. The van der Waals surface area contributed by atoms with E-state index in [4.69, 9.17) is 0 Å². The van der Waals surface area contributed by atoms with Crippen LogP contribution < -0.4 is 5.32 Å². The second kappa shape index (κ2) is 3.83. The highest BCUT2D eigenvalue weighted by atomic mass is 79.9. The van der Waals surface area contributed by atoms with Gasteiger partial charge in [0.2, 0.25) is 0 Å². The van der Waals surface area contributed by atoms with Gasteiger partial charge >= 0.3 is 0 Å². The first-order valence-corrected chi connectivity index (χ1v) is 4.12. The zero-order valence-corrected chi connectivity index (χ0v) is 7.78. The van der Waals surface area contributed by atoms with Crippen LogP contribution in [0, 0.1) is 5.82 Å². The van der Waals surface area contributed by atoms with Gasteiger partial charge in [-0.05, 0) is 29.0 Å². The molecule has 0 aliphatic carbocycles. The van der Waals surface area contributed by atoms with Crippen molar-refractivity contribution >= 4 is 15.9 Å². The van der Waals surface area contributed by atoms with E-state index in [2.05, 4.69) is 21.2 Å². The van der Waals surface area contributed by atoms with E-state index in [0.29, 0.717) is 16.6 Å². The van der Waals surface area contributed by atoms with Crippen molar-refractivity contribution in [2.45, 2.75) is 6.54 Å². The molecule has 0 spiro atoms. The fourth-order valence-corrected chi connectivity index (χ4v) is 1.28. The monoisotopic (exact) mass is 217 g/mol. The molecular weight excluding hydrogens is 209 g/mol. The van der Waals surface area contributed by atoms with Crippen molar-refractivity contribution in [1.82, 2.24) is 5.32 Å². The average Bonchev–Trinajstić information content (AvgIpc) is 1.99. The SMILES string of the molecule is CNCc1cccc(Br)c1F.